The highest BCUT2D eigenvalue weighted by Gasteiger charge is 2.18. The van der Waals surface area contributed by atoms with E-state index in [9.17, 15) is 4.79 Å². The molecule has 0 radical (unpaired) electrons. The van der Waals surface area contributed by atoms with Crippen LogP contribution in [0.15, 0.2) is 0 Å². The molecule has 0 rings (SSSR count). The van der Waals surface area contributed by atoms with Gasteiger partial charge in [0.15, 0.2) is 0 Å². The van der Waals surface area contributed by atoms with Gasteiger partial charge < -0.3 is 15.0 Å². The Kier molecular flexibility index (Phi) is 10.2. The number of carbonyl (C=O) groups is 1. The summed E-state index contributed by atoms with van der Waals surface area (Å²) >= 11 is 0. The molecular formula is C13H28N2O2. The van der Waals surface area contributed by atoms with Gasteiger partial charge in [-0.05, 0) is 52.9 Å². The highest BCUT2D eigenvalue weighted by molar-refractivity contribution is 5.75. The summed E-state index contributed by atoms with van der Waals surface area (Å²) in [5.41, 5.74) is 0. The third kappa shape index (κ3) is 8.16. The zero-order chi connectivity index (χ0) is 13.1. The summed E-state index contributed by atoms with van der Waals surface area (Å²) in [5.74, 6) is -0.120. The SMILES string of the molecule is CCCNC(CCN(C)CCC)C(=O)OCC. The number of hydrogen-bond donors (Lipinski definition) is 1. The zero-order valence-electron chi connectivity index (χ0n) is 11.8. The van der Waals surface area contributed by atoms with Gasteiger partial charge in [-0.2, -0.15) is 0 Å². The molecule has 102 valence electrons. The second kappa shape index (κ2) is 10.5. The van der Waals surface area contributed by atoms with Crippen molar-refractivity contribution in [3.8, 4) is 0 Å². The molecule has 4 heteroatoms. The normalized spacial score (nSPS) is 12.8. The molecule has 0 aliphatic heterocycles. The second-order valence-electron chi connectivity index (χ2n) is 4.35. The molecule has 0 aromatic heterocycles. The van der Waals surface area contributed by atoms with E-state index in [0.29, 0.717) is 6.61 Å². The lowest BCUT2D eigenvalue weighted by molar-refractivity contribution is -0.145. The second-order valence-corrected chi connectivity index (χ2v) is 4.35. The molecule has 0 amide bonds. The number of esters is 1. The Bertz CT molecular complexity index is 198. The van der Waals surface area contributed by atoms with Crippen molar-refractivity contribution < 1.29 is 9.53 Å². The maximum atomic E-state index is 11.7. The Morgan fingerprint density at radius 1 is 1.24 bits per heavy atom. The third-order valence-electron chi connectivity index (χ3n) is 2.62. The molecular weight excluding hydrogens is 216 g/mol. The van der Waals surface area contributed by atoms with Crippen molar-refractivity contribution in [3.05, 3.63) is 0 Å². The summed E-state index contributed by atoms with van der Waals surface area (Å²) < 4.78 is 5.07. The summed E-state index contributed by atoms with van der Waals surface area (Å²) in [6.07, 6.45) is 2.99. The van der Waals surface area contributed by atoms with Crippen molar-refractivity contribution in [2.24, 2.45) is 0 Å². The molecule has 0 spiro atoms. The third-order valence-corrected chi connectivity index (χ3v) is 2.62. The fourth-order valence-corrected chi connectivity index (χ4v) is 1.71. The van der Waals surface area contributed by atoms with Crippen molar-refractivity contribution in [1.82, 2.24) is 10.2 Å². The average Bonchev–Trinajstić information content (AvgIpc) is 2.29. The van der Waals surface area contributed by atoms with Gasteiger partial charge in [0.1, 0.15) is 6.04 Å². The Morgan fingerprint density at radius 2 is 1.94 bits per heavy atom. The molecule has 1 N–H and O–H groups in total. The van der Waals surface area contributed by atoms with Crippen molar-refractivity contribution >= 4 is 5.97 Å². The van der Waals surface area contributed by atoms with Crippen LogP contribution >= 0.6 is 0 Å². The zero-order valence-corrected chi connectivity index (χ0v) is 11.8. The maximum absolute atomic E-state index is 11.7. The van der Waals surface area contributed by atoms with E-state index in [1.165, 1.54) is 0 Å². The number of nitrogens with one attached hydrogen (secondary N) is 1. The van der Waals surface area contributed by atoms with Gasteiger partial charge in [0.25, 0.3) is 0 Å². The minimum atomic E-state index is -0.158. The van der Waals surface area contributed by atoms with Crippen LogP contribution in [-0.2, 0) is 9.53 Å². The quantitative estimate of drug-likeness (QED) is 0.593. The number of carbonyl (C=O) groups excluding carboxylic acids is 1. The Hall–Kier alpha value is -0.610. The summed E-state index contributed by atoms with van der Waals surface area (Å²) in [7, 11) is 2.09. The number of rotatable bonds is 10. The van der Waals surface area contributed by atoms with E-state index in [4.69, 9.17) is 4.74 Å². The Morgan fingerprint density at radius 3 is 2.47 bits per heavy atom. The first-order valence-corrected chi connectivity index (χ1v) is 6.74. The first-order valence-electron chi connectivity index (χ1n) is 6.74. The van der Waals surface area contributed by atoms with E-state index < -0.39 is 0 Å². The first kappa shape index (κ1) is 16.4. The highest BCUT2D eigenvalue weighted by atomic mass is 16.5. The minimum absolute atomic E-state index is 0.120. The molecule has 1 atom stereocenters. The Balaban J connectivity index is 4.04. The lowest BCUT2D eigenvalue weighted by Crippen LogP contribution is -2.41. The highest BCUT2D eigenvalue weighted by Crippen LogP contribution is 1.99. The largest absolute Gasteiger partial charge is 0.465 e. The predicted octanol–water partition coefficient (Wildman–Crippen LogP) is 1.65. The Labute approximate surface area is 106 Å². The van der Waals surface area contributed by atoms with Crippen LogP contribution in [0.4, 0.5) is 0 Å². The number of nitrogens with zero attached hydrogens (tertiary/aromatic N) is 1. The molecule has 0 fully saturated rings. The van der Waals surface area contributed by atoms with Gasteiger partial charge in [-0.15, -0.1) is 0 Å². The average molecular weight is 244 g/mol. The molecule has 4 nitrogen and oxygen atoms in total. The lowest BCUT2D eigenvalue weighted by atomic mass is 10.2. The van der Waals surface area contributed by atoms with Crippen molar-refractivity contribution in [1.29, 1.82) is 0 Å². The van der Waals surface area contributed by atoms with Gasteiger partial charge in [0.05, 0.1) is 6.61 Å². The van der Waals surface area contributed by atoms with Crippen LogP contribution in [0.3, 0.4) is 0 Å². The molecule has 0 aromatic rings. The smallest absolute Gasteiger partial charge is 0.323 e. The van der Waals surface area contributed by atoms with Crippen LogP contribution < -0.4 is 5.32 Å². The van der Waals surface area contributed by atoms with E-state index in [1.54, 1.807) is 0 Å². The lowest BCUT2D eigenvalue weighted by Gasteiger charge is -2.21. The first-order chi connectivity index (χ1) is 8.15. The van der Waals surface area contributed by atoms with Gasteiger partial charge in [-0.1, -0.05) is 13.8 Å². The molecule has 0 bridgehead atoms. The fraction of sp³-hybridized carbons (Fsp3) is 0.923. The molecule has 17 heavy (non-hydrogen) atoms. The van der Waals surface area contributed by atoms with Crippen molar-refractivity contribution in [3.63, 3.8) is 0 Å². The minimum Gasteiger partial charge on any atom is -0.465 e. The molecule has 0 saturated carbocycles. The summed E-state index contributed by atoms with van der Waals surface area (Å²) in [5, 5.41) is 3.25. The fourth-order valence-electron chi connectivity index (χ4n) is 1.71. The maximum Gasteiger partial charge on any atom is 0.323 e. The van der Waals surface area contributed by atoms with E-state index in [1.807, 2.05) is 6.92 Å². The summed E-state index contributed by atoms with van der Waals surface area (Å²) in [4.78, 5) is 14.0. The van der Waals surface area contributed by atoms with Crippen LogP contribution in [0.25, 0.3) is 0 Å². The van der Waals surface area contributed by atoms with Gasteiger partial charge in [-0.25, -0.2) is 0 Å². The van der Waals surface area contributed by atoms with Gasteiger partial charge in [0.2, 0.25) is 0 Å². The van der Waals surface area contributed by atoms with E-state index in [-0.39, 0.29) is 12.0 Å². The van der Waals surface area contributed by atoms with Crippen LogP contribution in [-0.4, -0.2) is 50.2 Å². The van der Waals surface area contributed by atoms with Crippen LogP contribution in [0.1, 0.15) is 40.0 Å². The van der Waals surface area contributed by atoms with Crippen molar-refractivity contribution in [2.75, 3.05) is 33.3 Å². The van der Waals surface area contributed by atoms with Crippen LogP contribution in [0.5, 0.6) is 0 Å². The van der Waals surface area contributed by atoms with Gasteiger partial charge >= 0.3 is 5.97 Å². The van der Waals surface area contributed by atoms with E-state index in [2.05, 4.69) is 31.1 Å². The monoisotopic (exact) mass is 244 g/mol. The number of ether oxygens (including phenoxy) is 1. The van der Waals surface area contributed by atoms with Crippen LogP contribution in [0.2, 0.25) is 0 Å². The van der Waals surface area contributed by atoms with E-state index in [0.717, 1.165) is 38.9 Å². The summed E-state index contributed by atoms with van der Waals surface area (Å²) in [6, 6.07) is -0.158. The topological polar surface area (TPSA) is 41.6 Å². The predicted molar refractivity (Wildman–Crippen MR) is 71.1 cm³/mol. The summed E-state index contributed by atoms with van der Waals surface area (Å²) in [6.45, 7) is 9.41. The molecule has 1 unspecified atom stereocenters. The molecule has 0 heterocycles. The van der Waals surface area contributed by atoms with Crippen molar-refractivity contribution in [2.45, 2.75) is 46.1 Å². The van der Waals surface area contributed by atoms with E-state index >= 15 is 0 Å². The van der Waals surface area contributed by atoms with Crippen LogP contribution in [0, 0.1) is 0 Å². The molecule has 0 saturated heterocycles. The van der Waals surface area contributed by atoms with Gasteiger partial charge in [0, 0.05) is 0 Å². The molecule has 0 aliphatic rings. The molecule has 0 aliphatic carbocycles. The van der Waals surface area contributed by atoms with Gasteiger partial charge in [-0.3, -0.25) is 4.79 Å². The standard InChI is InChI=1S/C13H28N2O2/c1-5-9-14-12(13(16)17-7-3)8-11-15(4)10-6-2/h12,14H,5-11H2,1-4H3. The number of hydrogen-bond acceptors (Lipinski definition) is 4. The molecule has 0 aromatic carbocycles.